The molecule has 11 nitrogen and oxygen atoms in total. The van der Waals surface area contributed by atoms with E-state index in [1.165, 1.54) is 6.33 Å². The van der Waals surface area contributed by atoms with E-state index in [0.717, 1.165) is 0 Å². The van der Waals surface area contributed by atoms with Crippen molar-refractivity contribution >= 4 is 24.7 Å². The lowest BCUT2D eigenvalue weighted by Gasteiger charge is -2.22. The van der Waals surface area contributed by atoms with Crippen molar-refractivity contribution in [1.82, 2.24) is 24.4 Å². The molecule has 0 aliphatic rings. The van der Waals surface area contributed by atoms with Gasteiger partial charge in [-0.25, -0.2) is 4.98 Å². The first-order valence-electron chi connectivity index (χ1n) is 7.64. The number of imidazole rings is 1. The van der Waals surface area contributed by atoms with E-state index in [2.05, 4.69) is 15.0 Å². The largest absolute Gasteiger partial charge is 0.369 e. The number of nitriles is 1. The summed E-state index contributed by atoms with van der Waals surface area (Å²) >= 11 is 0. The van der Waals surface area contributed by atoms with Gasteiger partial charge in [-0.3, -0.25) is 14.3 Å². The molecule has 2 aromatic heterocycles. The van der Waals surface area contributed by atoms with E-state index in [1.807, 2.05) is 11.0 Å². The molecule has 0 saturated heterocycles. The Labute approximate surface area is 143 Å². The maximum Gasteiger partial charge on any atom is 0.326 e. The molecule has 0 unspecified atom stereocenters. The average molecular weight is 369 g/mol. The molecule has 0 spiro atoms. The van der Waals surface area contributed by atoms with E-state index in [4.69, 9.17) is 20.8 Å². The highest BCUT2D eigenvalue weighted by Crippen LogP contribution is 2.33. The van der Waals surface area contributed by atoms with Crippen LogP contribution in [0.1, 0.15) is 12.8 Å². The van der Waals surface area contributed by atoms with Crippen molar-refractivity contribution in [1.29, 1.82) is 5.26 Å². The average Bonchev–Trinajstić information content (AvgIpc) is 2.92. The van der Waals surface area contributed by atoms with Gasteiger partial charge in [0.15, 0.2) is 11.2 Å². The lowest BCUT2D eigenvalue weighted by atomic mass is 10.3. The Kier molecular flexibility index (Phi) is 6.27. The maximum atomic E-state index is 11.8. The van der Waals surface area contributed by atoms with Crippen LogP contribution in [0.25, 0.3) is 11.2 Å². The molecule has 0 aromatic carbocycles. The number of nitrogens with two attached hydrogens (primary N) is 1. The molecule has 25 heavy (non-hydrogen) atoms. The van der Waals surface area contributed by atoms with Crippen molar-refractivity contribution < 1.29 is 14.4 Å². The van der Waals surface area contributed by atoms with Crippen LogP contribution in [0.3, 0.4) is 0 Å². The molecule has 0 amide bonds. The van der Waals surface area contributed by atoms with E-state index in [-0.39, 0.29) is 24.2 Å². The van der Waals surface area contributed by atoms with Gasteiger partial charge in [0, 0.05) is 26.1 Å². The van der Waals surface area contributed by atoms with Crippen molar-refractivity contribution in [2.24, 2.45) is 0 Å². The van der Waals surface area contributed by atoms with Gasteiger partial charge in [-0.1, -0.05) is 0 Å². The van der Waals surface area contributed by atoms with E-state index in [9.17, 15) is 9.36 Å². The second-order valence-electron chi connectivity index (χ2n) is 5.55. The standard InChI is InChI=1S/C13H20N7O4P/c14-3-1-2-4-19(7-8-25(22,23)24)5-6-20-9-16-10-11(20)17-13(15)18-12(10)21/h9H,1-2,4-8H2,(H2,22,23,24)(H3,15,17,18,21). The number of aromatic amines is 1. The first kappa shape index (κ1) is 19.1. The molecule has 0 saturated carbocycles. The van der Waals surface area contributed by atoms with Crippen molar-refractivity contribution in [3.8, 4) is 6.07 Å². The van der Waals surface area contributed by atoms with Gasteiger partial charge in [-0.05, 0) is 13.0 Å². The Balaban J connectivity index is 2.07. The van der Waals surface area contributed by atoms with Gasteiger partial charge in [-0.15, -0.1) is 0 Å². The third kappa shape index (κ3) is 5.65. The molecule has 0 aliphatic heterocycles. The monoisotopic (exact) mass is 369 g/mol. The van der Waals surface area contributed by atoms with Crippen LogP contribution in [0.15, 0.2) is 11.1 Å². The van der Waals surface area contributed by atoms with E-state index in [0.29, 0.717) is 38.1 Å². The van der Waals surface area contributed by atoms with Crippen LogP contribution in [-0.2, 0) is 11.1 Å². The number of fused-ring (bicyclic) bond motifs is 1. The van der Waals surface area contributed by atoms with Crippen LogP contribution in [0.4, 0.5) is 5.95 Å². The number of nitrogens with zero attached hydrogens (tertiary/aromatic N) is 5. The molecule has 2 rings (SSSR count). The third-order valence-corrected chi connectivity index (χ3v) is 4.40. The fraction of sp³-hybridized carbons (Fsp3) is 0.538. The van der Waals surface area contributed by atoms with Gasteiger partial charge >= 0.3 is 7.60 Å². The fourth-order valence-corrected chi connectivity index (χ4v) is 2.92. The Bertz CT molecular complexity index is 865. The number of anilines is 1. The zero-order chi connectivity index (χ0) is 18.4. The Morgan fingerprint density at radius 1 is 1.40 bits per heavy atom. The topological polar surface area (TPSA) is 174 Å². The Morgan fingerprint density at radius 3 is 2.84 bits per heavy atom. The maximum absolute atomic E-state index is 11.8. The van der Waals surface area contributed by atoms with Crippen LogP contribution in [0.2, 0.25) is 0 Å². The summed E-state index contributed by atoms with van der Waals surface area (Å²) in [5, 5.41) is 8.63. The predicted molar refractivity (Wildman–Crippen MR) is 90.8 cm³/mol. The number of nitrogens with one attached hydrogen (secondary N) is 1. The summed E-state index contributed by atoms with van der Waals surface area (Å²) in [5.41, 5.74) is 5.66. The van der Waals surface area contributed by atoms with Crippen LogP contribution in [0, 0.1) is 11.3 Å². The summed E-state index contributed by atoms with van der Waals surface area (Å²) in [5.74, 6) is -0.00775. The molecule has 2 heterocycles. The van der Waals surface area contributed by atoms with Crippen LogP contribution < -0.4 is 11.3 Å². The van der Waals surface area contributed by atoms with Crippen LogP contribution >= 0.6 is 7.60 Å². The summed E-state index contributed by atoms with van der Waals surface area (Å²) in [6.45, 7) is 1.63. The van der Waals surface area contributed by atoms with Gasteiger partial charge < -0.3 is 25.0 Å². The molecule has 12 heteroatoms. The summed E-state index contributed by atoms with van der Waals surface area (Å²) in [7, 11) is -4.09. The summed E-state index contributed by atoms with van der Waals surface area (Å²) < 4.78 is 12.7. The lowest BCUT2D eigenvalue weighted by molar-refractivity contribution is 0.267. The van der Waals surface area contributed by atoms with Gasteiger partial charge in [-0.2, -0.15) is 10.2 Å². The van der Waals surface area contributed by atoms with Crippen molar-refractivity contribution in [3.63, 3.8) is 0 Å². The quantitative estimate of drug-likeness (QED) is 0.335. The number of nitrogen functional groups attached to an aromatic ring is 1. The molecule has 0 bridgehead atoms. The summed E-state index contributed by atoms with van der Waals surface area (Å²) in [6.07, 6.45) is 2.19. The summed E-state index contributed by atoms with van der Waals surface area (Å²) in [4.78, 5) is 42.2. The zero-order valence-electron chi connectivity index (χ0n) is 13.5. The van der Waals surface area contributed by atoms with Crippen molar-refractivity contribution in [2.45, 2.75) is 19.4 Å². The minimum absolute atomic E-state index is 0.00775. The van der Waals surface area contributed by atoms with Gasteiger partial charge in [0.2, 0.25) is 5.95 Å². The fourth-order valence-electron chi connectivity index (χ4n) is 2.37. The molecule has 0 radical (unpaired) electrons. The molecular formula is C13H20N7O4P. The lowest BCUT2D eigenvalue weighted by Crippen LogP contribution is -2.31. The minimum atomic E-state index is -4.09. The minimum Gasteiger partial charge on any atom is -0.369 e. The number of unbranched alkanes of at least 4 members (excludes halogenated alkanes) is 1. The van der Waals surface area contributed by atoms with Crippen molar-refractivity contribution in [2.75, 3.05) is 31.5 Å². The molecule has 0 atom stereocenters. The van der Waals surface area contributed by atoms with Crippen molar-refractivity contribution in [3.05, 3.63) is 16.7 Å². The van der Waals surface area contributed by atoms with Gasteiger partial charge in [0.1, 0.15) is 0 Å². The van der Waals surface area contributed by atoms with E-state index >= 15 is 0 Å². The number of H-pyrrole nitrogens is 1. The first-order chi connectivity index (χ1) is 11.8. The number of hydrogen-bond donors (Lipinski definition) is 4. The second-order valence-corrected chi connectivity index (χ2v) is 7.33. The van der Waals surface area contributed by atoms with E-state index in [1.54, 1.807) is 4.57 Å². The highest BCUT2D eigenvalue weighted by molar-refractivity contribution is 7.51. The van der Waals surface area contributed by atoms with Crippen LogP contribution in [-0.4, -0.2) is 60.0 Å². The molecule has 0 aliphatic carbocycles. The number of hydrogen-bond acceptors (Lipinski definition) is 7. The molecule has 2 aromatic rings. The first-order valence-corrected chi connectivity index (χ1v) is 9.44. The number of aromatic nitrogens is 4. The molecular weight excluding hydrogens is 349 g/mol. The highest BCUT2D eigenvalue weighted by atomic mass is 31.2. The normalized spacial score (nSPS) is 11.9. The molecule has 0 fully saturated rings. The Hall–Kier alpha value is -2.25. The van der Waals surface area contributed by atoms with Crippen LogP contribution in [0.5, 0.6) is 0 Å². The van der Waals surface area contributed by atoms with Gasteiger partial charge in [0.25, 0.3) is 5.56 Å². The van der Waals surface area contributed by atoms with Gasteiger partial charge in [0.05, 0.1) is 18.6 Å². The zero-order valence-corrected chi connectivity index (χ0v) is 14.4. The second kappa shape index (κ2) is 8.22. The smallest absolute Gasteiger partial charge is 0.326 e. The van der Waals surface area contributed by atoms with E-state index < -0.39 is 13.2 Å². The number of rotatable bonds is 9. The Morgan fingerprint density at radius 2 is 2.16 bits per heavy atom. The third-order valence-electron chi connectivity index (χ3n) is 3.62. The SMILES string of the molecule is N#CCCCN(CCn1cnc2c(=O)[nH]c(N)nc21)CCP(=O)(O)O. The highest BCUT2D eigenvalue weighted by Gasteiger charge is 2.16. The molecule has 136 valence electrons. The predicted octanol–water partition coefficient (Wildman–Crippen LogP) is -0.515. The molecule has 5 N–H and O–H groups in total. The summed E-state index contributed by atoms with van der Waals surface area (Å²) in [6, 6.07) is 2.04.